The van der Waals surface area contributed by atoms with Crippen molar-refractivity contribution >= 4 is 29.0 Å². The maximum atomic E-state index is 13.0. The van der Waals surface area contributed by atoms with Crippen LogP contribution in [0.4, 0.5) is 5.69 Å². The first kappa shape index (κ1) is 19.8. The highest BCUT2D eigenvalue weighted by Gasteiger charge is 2.21. The number of halogens is 1. The Hall–Kier alpha value is -3.51. The fourth-order valence-corrected chi connectivity index (χ4v) is 3.17. The van der Waals surface area contributed by atoms with Gasteiger partial charge in [-0.3, -0.25) is 9.59 Å². The minimum atomic E-state index is -0.400. The molecule has 0 fully saturated rings. The number of carbonyl (C=O) groups is 2. The van der Waals surface area contributed by atoms with Gasteiger partial charge in [0.25, 0.3) is 5.91 Å². The summed E-state index contributed by atoms with van der Waals surface area (Å²) in [4.78, 5) is 25.0. The molecule has 0 saturated heterocycles. The largest absolute Gasteiger partial charge is 0.488 e. The molecule has 0 atom stereocenters. The average Bonchev–Trinajstić information content (AvgIpc) is 3.20. The van der Waals surface area contributed by atoms with Crippen LogP contribution in [0, 0.1) is 0 Å². The molecule has 6 nitrogen and oxygen atoms in total. The highest BCUT2D eigenvalue weighted by atomic mass is 35.5. The summed E-state index contributed by atoms with van der Waals surface area (Å²) in [5.74, 6) is 0.779. The third kappa shape index (κ3) is 4.23. The third-order valence-electron chi connectivity index (χ3n) is 4.58. The molecule has 3 aromatic rings. The highest BCUT2D eigenvalue weighted by molar-refractivity contribution is 6.30. The molecular formula is C23H18ClNO5. The average molecular weight is 424 g/mol. The van der Waals surface area contributed by atoms with Crippen LogP contribution in [-0.2, 0) is 6.61 Å². The zero-order valence-electron chi connectivity index (χ0n) is 16.1. The van der Waals surface area contributed by atoms with Gasteiger partial charge in [-0.25, -0.2) is 0 Å². The Morgan fingerprint density at radius 2 is 1.70 bits per heavy atom. The van der Waals surface area contributed by atoms with Gasteiger partial charge >= 0.3 is 0 Å². The van der Waals surface area contributed by atoms with Crippen molar-refractivity contribution < 1.29 is 23.8 Å². The van der Waals surface area contributed by atoms with E-state index in [1.807, 2.05) is 12.1 Å². The monoisotopic (exact) mass is 423 g/mol. The molecule has 0 saturated carbocycles. The number of Topliss-reactive ketones (excluding diaryl/α,β-unsaturated/α-hetero) is 1. The van der Waals surface area contributed by atoms with Crippen LogP contribution < -0.4 is 19.5 Å². The van der Waals surface area contributed by atoms with Crippen LogP contribution in [0.25, 0.3) is 0 Å². The van der Waals surface area contributed by atoms with Gasteiger partial charge in [0.05, 0.1) is 11.3 Å². The quantitative estimate of drug-likeness (QED) is 0.558. The first-order valence-corrected chi connectivity index (χ1v) is 9.61. The smallest absolute Gasteiger partial charge is 0.259 e. The molecule has 0 spiro atoms. The summed E-state index contributed by atoms with van der Waals surface area (Å²) in [5.41, 5.74) is 1.96. The molecule has 0 aliphatic carbocycles. The number of para-hydroxylation sites is 1. The standard InChI is InChI=1S/C23H18ClNO5/c1-14(26)18-10-21-22(30-13-29-21)11-19(18)25-23(27)17-4-2-3-5-20(17)28-12-15-6-8-16(24)9-7-15/h2-11H,12-13H2,1H3,(H,25,27). The molecule has 1 heterocycles. The Labute approximate surface area is 178 Å². The van der Waals surface area contributed by atoms with Crippen molar-refractivity contribution in [1.29, 1.82) is 0 Å². The maximum Gasteiger partial charge on any atom is 0.259 e. The Bertz CT molecular complexity index is 1110. The van der Waals surface area contributed by atoms with Gasteiger partial charge in [0, 0.05) is 16.7 Å². The summed E-state index contributed by atoms with van der Waals surface area (Å²) in [5, 5.41) is 3.43. The summed E-state index contributed by atoms with van der Waals surface area (Å²) >= 11 is 5.91. The van der Waals surface area contributed by atoms with E-state index < -0.39 is 5.91 Å². The molecule has 0 aromatic heterocycles. The van der Waals surface area contributed by atoms with Crippen molar-refractivity contribution in [3.8, 4) is 17.2 Å². The summed E-state index contributed by atoms with van der Waals surface area (Å²) < 4.78 is 16.5. The summed E-state index contributed by atoms with van der Waals surface area (Å²) in [7, 11) is 0. The number of amides is 1. The van der Waals surface area contributed by atoms with Crippen LogP contribution in [0.2, 0.25) is 5.02 Å². The van der Waals surface area contributed by atoms with Crippen molar-refractivity contribution in [3.63, 3.8) is 0 Å². The molecule has 30 heavy (non-hydrogen) atoms. The number of anilines is 1. The molecule has 0 radical (unpaired) electrons. The van der Waals surface area contributed by atoms with Gasteiger partial charge in [0.1, 0.15) is 12.4 Å². The van der Waals surface area contributed by atoms with E-state index in [9.17, 15) is 9.59 Å². The number of hydrogen-bond donors (Lipinski definition) is 1. The Morgan fingerprint density at radius 1 is 1.00 bits per heavy atom. The lowest BCUT2D eigenvalue weighted by atomic mass is 10.1. The SMILES string of the molecule is CC(=O)c1cc2c(cc1NC(=O)c1ccccc1OCc1ccc(Cl)cc1)OCO2. The van der Waals surface area contributed by atoms with Gasteiger partial charge in [0.2, 0.25) is 6.79 Å². The molecule has 4 rings (SSSR count). The van der Waals surface area contributed by atoms with Gasteiger partial charge in [-0.1, -0.05) is 35.9 Å². The zero-order valence-corrected chi connectivity index (χ0v) is 16.9. The minimum Gasteiger partial charge on any atom is -0.488 e. The fraction of sp³-hybridized carbons (Fsp3) is 0.130. The number of ether oxygens (including phenoxy) is 3. The molecule has 0 bridgehead atoms. The second-order valence-corrected chi connectivity index (χ2v) is 7.11. The Balaban J connectivity index is 1.56. The van der Waals surface area contributed by atoms with E-state index in [0.29, 0.717) is 39.1 Å². The van der Waals surface area contributed by atoms with Crippen LogP contribution in [0.15, 0.2) is 60.7 Å². The Kier molecular flexibility index (Phi) is 5.59. The van der Waals surface area contributed by atoms with E-state index in [0.717, 1.165) is 5.56 Å². The number of carbonyl (C=O) groups excluding carboxylic acids is 2. The van der Waals surface area contributed by atoms with E-state index in [1.165, 1.54) is 6.92 Å². The van der Waals surface area contributed by atoms with Crippen LogP contribution in [0.1, 0.15) is 33.2 Å². The molecule has 1 amide bonds. The Morgan fingerprint density at radius 3 is 2.43 bits per heavy atom. The second-order valence-electron chi connectivity index (χ2n) is 6.67. The number of benzene rings is 3. The van der Waals surface area contributed by atoms with Gasteiger partial charge in [0.15, 0.2) is 17.3 Å². The van der Waals surface area contributed by atoms with Gasteiger partial charge in [-0.2, -0.15) is 0 Å². The van der Waals surface area contributed by atoms with E-state index in [4.69, 9.17) is 25.8 Å². The van der Waals surface area contributed by atoms with Crippen molar-refractivity contribution in [1.82, 2.24) is 0 Å². The van der Waals surface area contributed by atoms with Crippen molar-refractivity contribution in [2.24, 2.45) is 0 Å². The van der Waals surface area contributed by atoms with Gasteiger partial charge < -0.3 is 19.5 Å². The van der Waals surface area contributed by atoms with E-state index in [-0.39, 0.29) is 19.2 Å². The summed E-state index contributed by atoms with van der Waals surface area (Å²) in [6.07, 6.45) is 0. The lowest BCUT2D eigenvalue weighted by Gasteiger charge is -2.14. The second kappa shape index (κ2) is 8.47. The molecular weight excluding hydrogens is 406 g/mol. The number of fused-ring (bicyclic) bond motifs is 1. The topological polar surface area (TPSA) is 73.9 Å². The number of hydrogen-bond acceptors (Lipinski definition) is 5. The van der Waals surface area contributed by atoms with Crippen LogP contribution in [0.5, 0.6) is 17.2 Å². The number of ketones is 1. The molecule has 1 aliphatic heterocycles. The molecule has 0 unspecified atom stereocenters. The maximum absolute atomic E-state index is 13.0. The first-order valence-electron chi connectivity index (χ1n) is 9.23. The summed E-state index contributed by atoms with van der Waals surface area (Å²) in [6.45, 7) is 1.78. The molecule has 152 valence electrons. The van der Waals surface area contributed by atoms with Crippen LogP contribution >= 0.6 is 11.6 Å². The molecule has 1 N–H and O–H groups in total. The number of rotatable bonds is 6. The van der Waals surface area contributed by atoms with Crippen LogP contribution in [0.3, 0.4) is 0 Å². The van der Waals surface area contributed by atoms with E-state index >= 15 is 0 Å². The highest BCUT2D eigenvalue weighted by Crippen LogP contribution is 2.37. The van der Waals surface area contributed by atoms with Crippen LogP contribution in [-0.4, -0.2) is 18.5 Å². The van der Waals surface area contributed by atoms with Gasteiger partial charge in [-0.15, -0.1) is 0 Å². The van der Waals surface area contributed by atoms with E-state index in [1.54, 1.807) is 48.5 Å². The summed E-state index contributed by atoms with van der Waals surface area (Å²) in [6, 6.07) is 17.4. The predicted molar refractivity (Wildman–Crippen MR) is 113 cm³/mol. The minimum absolute atomic E-state index is 0.0749. The van der Waals surface area contributed by atoms with Gasteiger partial charge in [-0.05, 0) is 42.8 Å². The van der Waals surface area contributed by atoms with E-state index in [2.05, 4.69) is 5.32 Å². The van der Waals surface area contributed by atoms with Crippen molar-refractivity contribution in [3.05, 3.63) is 82.4 Å². The lowest BCUT2D eigenvalue weighted by molar-refractivity contribution is 0.101. The zero-order chi connectivity index (χ0) is 21.1. The first-order chi connectivity index (χ1) is 14.5. The number of nitrogens with one attached hydrogen (secondary N) is 1. The third-order valence-corrected chi connectivity index (χ3v) is 4.83. The normalized spacial score (nSPS) is 11.8. The fourth-order valence-electron chi connectivity index (χ4n) is 3.05. The van der Waals surface area contributed by atoms with Crippen molar-refractivity contribution in [2.75, 3.05) is 12.1 Å². The molecule has 1 aliphatic rings. The molecule has 7 heteroatoms. The molecule has 3 aromatic carbocycles. The predicted octanol–water partition coefficient (Wildman–Crippen LogP) is 5.10. The van der Waals surface area contributed by atoms with Crippen molar-refractivity contribution in [2.45, 2.75) is 13.5 Å². The lowest BCUT2D eigenvalue weighted by Crippen LogP contribution is -2.15.